The molecule has 5 heteroatoms. The van der Waals surface area contributed by atoms with Gasteiger partial charge in [0.05, 0.1) is 6.10 Å². The van der Waals surface area contributed by atoms with Crippen LogP contribution >= 0.6 is 11.6 Å². The Bertz CT molecular complexity index is 388. The normalized spacial score (nSPS) is 11.9. The van der Waals surface area contributed by atoms with E-state index in [0.717, 1.165) is 11.1 Å². The van der Waals surface area contributed by atoms with Crippen LogP contribution in [0.3, 0.4) is 0 Å². The van der Waals surface area contributed by atoms with Gasteiger partial charge in [0, 0.05) is 16.5 Å². The maximum absolute atomic E-state index is 9.81. The highest BCUT2D eigenvalue weighted by atomic mass is 35.5. The predicted octanol–water partition coefficient (Wildman–Crippen LogP) is 3.38. The van der Waals surface area contributed by atoms with E-state index < -0.39 is 6.10 Å². The topological polar surface area (TPSA) is 69.0 Å². The number of aliphatic hydroxyl groups is 1. The molecule has 0 radical (unpaired) electrons. The predicted molar refractivity (Wildman–Crippen MR) is 59.8 cm³/mol. The van der Waals surface area contributed by atoms with Crippen LogP contribution in [-0.4, -0.2) is 11.7 Å². The van der Waals surface area contributed by atoms with E-state index in [4.69, 9.17) is 17.1 Å². The van der Waals surface area contributed by atoms with E-state index in [9.17, 15) is 5.11 Å². The summed E-state index contributed by atoms with van der Waals surface area (Å²) in [6, 6.07) is 5.37. The highest BCUT2D eigenvalue weighted by Gasteiger charge is 2.09. The van der Waals surface area contributed by atoms with Gasteiger partial charge in [-0.05, 0) is 42.1 Å². The Labute approximate surface area is 93.1 Å². The minimum absolute atomic E-state index is 0.281. The number of benzene rings is 1. The number of azide groups is 1. The molecule has 0 saturated heterocycles. The third-order valence-electron chi connectivity index (χ3n) is 2.17. The summed E-state index contributed by atoms with van der Waals surface area (Å²) in [6.07, 6.45) is -0.222. The number of hydrogen-bond acceptors (Lipinski definition) is 2. The van der Waals surface area contributed by atoms with Crippen LogP contribution < -0.4 is 0 Å². The number of aryl methyl sites for hydroxylation is 1. The number of rotatable bonds is 4. The zero-order chi connectivity index (χ0) is 11.3. The second-order valence-electron chi connectivity index (χ2n) is 3.26. The van der Waals surface area contributed by atoms with Gasteiger partial charge in [0.2, 0.25) is 0 Å². The fourth-order valence-corrected chi connectivity index (χ4v) is 1.53. The molecular weight excluding hydrogens is 214 g/mol. The average molecular weight is 226 g/mol. The summed E-state index contributed by atoms with van der Waals surface area (Å²) >= 11 is 5.83. The van der Waals surface area contributed by atoms with Gasteiger partial charge in [0.25, 0.3) is 0 Å². The number of halogens is 1. The Morgan fingerprint density at radius 3 is 3.00 bits per heavy atom. The lowest BCUT2D eigenvalue weighted by atomic mass is 10.0. The van der Waals surface area contributed by atoms with Gasteiger partial charge in [-0.3, -0.25) is 0 Å². The minimum Gasteiger partial charge on any atom is -0.388 e. The maximum Gasteiger partial charge on any atom is 0.0794 e. The standard InChI is InChI=1S/C10H12ClN3O/c1-7-2-3-8(11)6-9(7)10(15)4-5-13-14-12/h2-3,6,10,15H,4-5H2,1H3. The molecule has 4 nitrogen and oxygen atoms in total. The first kappa shape index (κ1) is 11.9. The molecule has 1 unspecified atom stereocenters. The summed E-state index contributed by atoms with van der Waals surface area (Å²) in [5.74, 6) is 0. The molecule has 0 amide bonds. The largest absolute Gasteiger partial charge is 0.388 e. The van der Waals surface area contributed by atoms with Crippen LogP contribution in [0.15, 0.2) is 23.3 Å². The van der Waals surface area contributed by atoms with E-state index in [1.807, 2.05) is 13.0 Å². The molecule has 0 aliphatic rings. The summed E-state index contributed by atoms with van der Waals surface area (Å²) in [6.45, 7) is 2.19. The maximum atomic E-state index is 9.81. The van der Waals surface area contributed by atoms with Crippen molar-refractivity contribution >= 4 is 11.6 Å². The molecule has 0 spiro atoms. The van der Waals surface area contributed by atoms with E-state index in [1.165, 1.54) is 0 Å². The number of nitrogens with zero attached hydrogens (tertiary/aromatic N) is 3. The third kappa shape index (κ3) is 3.44. The summed E-state index contributed by atoms with van der Waals surface area (Å²) in [7, 11) is 0. The average Bonchev–Trinajstić information content (AvgIpc) is 2.22. The molecule has 0 saturated carbocycles. The molecule has 0 heterocycles. The van der Waals surface area contributed by atoms with Gasteiger partial charge >= 0.3 is 0 Å². The summed E-state index contributed by atoms with van der Waals surface area (Å²) in [5, 5.41) is 13.8. The van der Waals surface area contributed by atoms with Gasteiger partial charge in [-0.1, -0.05) is 22.8 Å². The SMILES string of the molecule is Cc1ccc(Cl)cc1C(O)CCN=[N+]=[N-]. The Balaban J connectivity index is 2.76. The molecule has 15 heavy (non-hydrogen) atoms. The fraction of sp³-hybridized carbons (Fsp3) is 0.400. The molecule has 1 aromatic carbocycles. The fourth-order valence-electron chi connectivity index (χ4n) is 1.35. The number of hydrogen-bond donors (Lipinski definition) is 1. The van der Waals surface area contributed by atoms with Crippen molar-refractivity contribution in [1.82, 2.24) is 0 Å². The van der Waals surface area contributed by atoms with Crippen LogP contribution in [0.5, 0.6) is 0 Å². The van der Waals surface area contributed by atoms with Crippen molar-refractivity contribution in [3.05, 3.63) is 44.8 Å². The van der Waals surface area contributed by atoms with E-state index in [2.05, 4.69) is 10.0 Å². The first-order valence-corrected chi connectivity index (χ1v) is 4.98. The smallest absolute Gasteiger partial charge is 0.0794 e. The highest BCUT2D eigenvalue weighted by Crippen LogP contribution is 2.24. The van der Waals surface area contributed by atoms with E-state index in [-0.39, 0.29) is 6.54 Å². The van der Waals surface area contributed by atoms with Crippen molar-refractivity contribution in [2.45, 2.75) is 19.4 Å². The van der Waals surface area contributed by atoms with Crippen molar-refractivity contribution in [2.75, 3.05) is 6.54 Å². The van der Waals surface area contributed by atoms with Gasteiger partial charge in [0.15, 0.2) is 0 Å². The van der Waals surface area contributed by atoms with Crippen LogP contribution in [0.1, 0.15) is 23.7 Å². The quantitative estimate of drug-likeness (QED) is 0.476. The molecule has 1 atom stereocenters. The molecule has 0 aliphatic carbocycles. The molecule has 0 aromatic heterocycles. The van der Waals surface area contributed by atoms with Crippen LogP contribution in [-0.2, 0) is 0 Å². The lowest BCUT2D eigenvalue weighted by molar-refractivity contribution is 0.169. The van der Waals surface area contributed by atoms with Crippen molar-refractivity contribution in [3.63, 3.8) is 0 Å². The summed E-state index contributed by atoms with van der Waals surface area (Å²) in [5.41, 5.74) is 9.87. The first-order chi connectivity index (χ1) is 7.15. The van der Waals surface area contributed by atoms with Crippen molar-refractivity contribution < 1.29 is 5.11 Å². The van der Waals surface area contributed by atoms with E-state index in [0.29, 0.717) is 11.4 Å². The third-order valence-corrected chi connectivity index (χ3v) is 2.40. The zero-order valence-electron chi connectivity index (χ0n) is 8.39. The minimum atomic E-state index is -0.630. The Kier molecular flexibility index (Phi) is 4.43. The van der Waals surface area contributed by atoms with E-state index >= 15 is 0 Å². The van der Waals surface area contributed by atoms with Crippen LogP contribution in [0, 0.1) is 6.92 Å². The van der Waals surface area contributed by atoms with Crippen molar-refractivity contribution in [3.8, 4) is 0 Å². The molecule has 1 N–H and O–H groups in total. The Hall–Kier alpha value is -1.22. The van der Waals surface area contributed by atoms with Gasteiger partial charge < -0.3 is 5.11 Å². The molecule has 0 fully saturated rings. The summed E-state index contributed by atoms with van der Waals surface area (Å²) < 4.78 is 0. The molecular formula is C10H12ClN3O. The lowest BCUT2D eigenvalue weighted by Gasteiger charge is -2.12. The summed E-state index contributed by atoms with van der Waals surface area (Å²) in [4.78, 5) is 2.63. The molecule has 1 aromatic rings. The molecule has 0 aliphatic heterocycles. The molecule has 80 valence electrons. The van der Waals surface area contributed by atoms with E-state index in [1.54, 1.807) is 12.1 Å². The lowest BCUT2D eigenvalue weighted by Crippen LogP contribution is -2.01. The number of aliphatic hydroxyl groups excluding tert-OH is 1. The Morgan fingerprint density at radius 2 is 2.33 bits per heavy atom. The first-order valence-electron chi connectivity index (χ1n) is 4.60. The van der Waals surface area contributed by atoms with Gasteiger partial charge in [-0.25, -0.2) is 0 Å². The van der Waals surface area contributed by atoms with Gasteiger partial charge in [0.1, 0.15) is 0 Å². The van der Waals surface area contributed by atoms with Crippen LogP contribution in [0.4, 0.5) is 0 Å². The molecule has 1 rings (SSSR count). The van der Waals surface area contributed by atoms with Crippen molar-refractivity contribution in [2.24, 2.45) is 5.11 Å². The monoisotopic (exact) mass is 225 g/mol. The Morgan fingerprint density at radius 1 is 1.60 bits per heavy atom. The van der Waals surface area contributed by atoms with Gasteiger partial charge in [-0.15, -0.1) is 0 Å². The van der Waals surface area contributed by atoms with Crippen molar-refractivity contribution in [1.29, 1.82) is 0 Å². The second kappa shape index (κ2) is 5.61. The molecule has 0 bridgehead atoms. The van der Waals surface area contributed by atoms with Gasteiger partial charge in [-0.2, -0.15) is 0 Å². The van der Waals surface area contributed by atoms with Crippen LogP contribution in [0.2, 0.25) is 5.02 Å². The second-order valence-corrected chi connectivity index (χ2v) is 3.70. The highest BCUT2D eigenvalue weighted by molar-refractivity contribution is 6.30. The van der Waals surface area contributed by atoms with Crippen LogP contribution in [0.25, 0.3) is 10.4 Å². The zero-order valence-corrected chi connectivity index (χ0v) is 9.15.